The van der Waals surface area contributed by atoms with Crippen LogP contribution in [-0.2, 0) is 9.59 Å². The van der Waals surface area contributed by atoms with Crippen molar-refractivity contribution in [2.75, 3.05) is 31.0 Å². The Hall–Kier alpha value is -4.52. The number of anilines is 2. The van der Waals surface area contributed by atoms with E-state index in [0.29, 0.717) is 17.0 Å². The van der Waals surface area contributed by atoms with Gasteiger partial charge >= 0.3 is 0 Å². The van der Waals surface area contributed by atoms with Crippen LogP contribution in [0.2, 0.25) is 0 Å². The number of ketones is 1. The van der Waals surface area contributed by atoms with Gasteiger partial charge in [0.1, 0.15) is 11.5 Å². The number of hydrogen-bond donors (Lipinski definition) is 2. The summed E-state index contributed by atoms with van der Waals surface area (Å²) in [6, 6.07) is 18.0. The molecule has 7 nitrogen and oxygen atoms in total. The predicted octanol–water partition coefficient (Wildman–Crippen LogP) is 5.49. The zero-order valence-corrected chi connectivity index (χ0v) is 21.5. The van der Waals surface area contributed by atoms with Gasteiger partial charge in [-0.05, 0) is 67.4 Å². The molecule has 0 bridgehead atoms. The van der Waals surface area contributed by atoms with Gasteiger partial charge < -0.3 is 19.7 Å². The number of aromatic nitrogens is 1. The second kappa shape index (κ2) is 9.17. The number of carbonyl (C=O) groups is 2. The van der Waals surface area contributed by atoms with Gasteiger partial charge in [-0.1, -0.05) is 18.2 Å². The third-order valence-electron chi connectivity index (χ3n) is 7.00. The van der Waals surface area contributed by atoms with E-state index >= 15 is 0 Å². The zero-order valence-electron chi connectivity index (χ0n) is 21.5. The third-order valence-corrected chi connectivity index (χ3v) is 7.00. The molecule has 1 fully saturated rings. The van der Waals surface area contributed by atoms with E-state index in [0.717, 1.165) is 33.3 Å². The number of aliphatic hydroxyl groups is 1. The second-order valence-electron chi connectivity index (χ2n) is 9.51. The minimum Gasteiger partial charge on any atom is -0.507 e. The molecule has 0 radical (unpaired) electrons. The van der Waals surface area contributed by atoms with Gasteiger partial charge in [-0.25, -0.2) is 0 Å². The van der Waals surface area contributed by atoms with Gasteiger partial charge in [-0.15, -0.1) is 0 Å². The predicted molar refractivity (Wildman–Crippen MR) is 146 cm³/mol. The van der Waals surface area contributed by atoms with Crippen LogP contribution in [0.4, 0.5) is 11.4 Å². The molecule has 3 aromatic carbocycles. The van der Waals surface area contributed by atoms with Crippen molar-refractivity contribution in [3.63, 3.8) is 0 Å². The Morgan fingerprint density at radius 3 is 2.38 bits per heavy atom. The number of aromatic amines is 1. The number of H-pyrrole nitrogens is 1. The Bertz CT molecular complexity index is 1560. The highest BCUT2D eigenvalue weighted by Crippen LogP contribution is 2.45. The standard InChI is InChI=1S/C30H29N3O4/c1-17-15-25(37-5)18(2)14-22(17)28(34)26-27(23-16-31-24-9-7-6-8-21(23)24)33(30(36)29(26)35)20-12-10-19(11-13-20)32(3)4/h6-16,27,31,34H,1-5H3/b28-26+. The van der Waals surface area contributed by atoms with Crippen LogP contribution in [0.15, 0.2) is 72.4 Å². The summed E-state index contributed by atoms with van der Waals surface area (Å²) < 4.78 is 5.42. The fourth-order valence-electron chi connectivity index (χ4n) is 5.03. The smallest absolute Gasteiger partial charge is 0.300 e. The molecule has 1 aliphatic rings. The summed E-state index contributed by atoms with van der Waals surface area (Å²) in [5.41, 5.74) is 5.24. The summed E-state index contributed by atoms with van der Waals surface area (Å²) in [5.74, 6) is -0.928. The number of rotatable bonds is 5. The number of benzene rings is 3. The number of fused-ring (bicyclic) bond motifs is 1. The summed E-state index contributed by atoms with van der Waals surface area (Å²) >= 11 is 0. The zero-order chi connectivity index (χ0) is 26.4. The SMILES string of the molecule is COc1cc(C)c(/C(O)=C2\C(=O)C(=O)N(c3ccc(N(C)C)cc3)C2c2c[nH]c3ccccc23)cc1C. The second-order valence-corrected chi connectivity index (χ2v) is 9.51. The average Bonchev–Trinajstić information content (AvgIpc) is 3.43. The van der Waals surface area contributed by atoms with E-state index in [1.165, 1.54) is 4.90 Å². The van der Waals surface area contributed by atoms with E-state index < -0.39 is 17.7 Å². The number of aryl methyl sites for hydroxylation is 2. The molecule has 0 saturated carbocycles. The number of methoxy groups -OCH3 is 1. The maximum absolute atomic E-state index is 13.6. The molecule has 37 heavy (non-hydrogen) atoms. The topological polar surface area (TPSA) is 85.9 Å². The van der Waals surface area contributed by atoms with E-state index in [9.17, 15) is 14.7 Å². The molecular formula is C30H29N3O4. The number of ether oxygens (including phenoxy) is 1. The van der Waals surface area contributed by atoms with E-state index in [-0.39, 0.29) is 11.3 Å². The van der Waals surface area contributed by atoms with Gasteiger partial charge in [0.25, 0.3) is 11.7 Å². The van der Waals surface area contributed by atoms with Crippen molar-refractivity contribution in [2.45, 2.75) is 19.9 Å². The van der Waals surface area contributed by atoms with E-state index in [4.69, 9.17) is 4.74 Å². The minimum absolute atomic E-state index is 0.0547. The van der Waals surface area contributed by atoms with Gasteiger partial charge in [-0.3, -0.25) is 14.5 Å². The Labute approximate surface area is 215 Å². The number of aliphatic hydroxyl groups excluding tert-OH is 1. The fourth-order valence-corrected chi connectivity index (χ4v) is 5.03. The van der Waals surface area contributed by atoms with E-state index in [1.807, 2.05) is 93.6 Å². The third kappa shape index (κ3) is 3.93. The number of carbonyl (C=O) groups excluding carboxylic acids is 2. The molecule has 1 unspecified atom stereocenters. The number of nitrogens with one attached hydrogen (secondary N) is 1. The van der Waals surface area contributed by atoms with Crippen molar-refractivity contribution >= 4 is 39.7 Å². The Kier molecular flexibility index (Phi) is 5.99. The average molecular weight is 496 g/mol. The summed E-state index contributed by atoms with van der Waals surface area (Å²) in [4.78, 5) is 33.8. The molecule has 4 aromatic rings. The van der Waals surface area contributed by atoms with Crippen LogP contribution in [0.25, 0.3) is 16.7 Å². The molecule has 1 atom stereocenters. The molecule has 188 valence electrons. The molecule has 0 spiro atoms. The molecular weight excluding hydrogens is 466 g/mol. The summed E-state index contributed by atoms with van der Waals surface area (Å²) in [7, 11) is 5.46. The summed E-state index contributed by atoms with van der Waals surface area (Å²) in [5, 5.41) is 12.5. The summed E-state index contributed by atoms with van der Waals surface area (Å²) in [6.45, 7) is 3.71. The molecule has 0 aliphatic carbocycles. The number of para-hydroxylation sites is 1. The van der Waals surface area contributed by atoms with Gasteiger partial charge in [0.2, 0.25) is 0 Å². The van der Waals surface area contributed by atoms with Crippen LogP contribution in [0.3, 0.4) is 0 Å². The molecule has 1 aliphatic heterocycles. The molecule has 7 heteroatoms. The maximum Gasteiger partial charge on any atom is 0.300 e. The number of hydrogen-bond acceptors (Lipinski definition) is 5. The van der Waals surface area contributed by atoms with E-state index in [2.05, 4.69) is 4.98 Å². The maximum atomic E-state index is 13.6. The lowest BCUT2D eigenvalue weighted by Crippen LogP contribution is -2.29. The first kappa shape index (κ1) is 24.2. The lowest BCUT2D eigenvalue weighted by molar-refractivity contribution is -0.132. The Balaban J connectivity index is 1.76. The number of Topliss-reactive ketones (excluding diaryl/α,β-unsaturated/α-hetero) is 1. The highest BCUT2D eigenvalue weighted by molar-refractivity contribution is 6.52. The molecule has 5 rings (SSSR count). The van der Waals surface area contributed by atoms with Crippen molar-refractivity contribution < 1.29 is 19.4 Å². The fraction of sp³-hybridized carbons (Fsp3) is 0.200. The van der Waals surface area contributed by atoms with Crippen molar-refractivity contribution in [1.82, 2.24) is 4.98 Å². The van der Waals surface area contributed by atoms with Gasteiger partial charge in [0.15, 0.2) is 0 Å². The first-order valence-corrected chi connectivity index (χ1v) is 12.0. The largest absolute Gasteiger partial charge is 0.507 e. The van der Waals surface area contributed by atoms with Gasteiger partial charge in [0.05, 0.1) is 18.7 Å². The quantitative estimate of drug-likeness (QED) is 0.217. The first-order chi connectivity index (χ1) is 17.7. The van der Waals surface area contributed by atoms with Crippen LogP contribution in [-0.4, -0.2) is 43.0 Å². The number of amides is 1. The van der Waals surface area contributed by atoms with Crippen molar-refractivity contribution in [3.8, 4) is 5.75 Å². The van der Waals surface area contributed by atoms with Crippen molar-refractivity contribution in [1.29, 1.82) is 0 Å². The lowest BCUT2D eigenvalue weighted by Gasteiger charge is -2.26. The van der Waals surface area contributed by atoms with Crippen molar-refractivity contribution in [2.24, 2.45) is 0 Å². The molecule has 2 N–H and O–H groups in total. The van der Waals surface area contributed by atoms with Crippen LogP contribution in [0.5, 0.6) is 5.75 Å². The Morgan fingerprint density at radius 2 is 1.70 bits per heavy atom. The van der Waals surface area contributed by atoms with Gasteiger partial charge in [-0.2, -0.15) is 0 Å². The highest BCUT2D eigenvalue weighted by Gasteiger charge is 2.47. The lowest BCUT2D eigenvalue weighted by atomic mass is 9.92. The molecule has 1 saturated heterocycles. The van der Waals surface area contributed by atoms with Crippen LogP contribution in [0.1, 0.15) is 28.3 Å². The highest BCUT2D eigenvalue weighted by atomic mass is 16.5. The number of nitrogens with zero attached hydrogens (tertiary/aromatic N) is 2. The Morgan fingerprint density at radius 1 is 1.00 bits per heavy atom. The van der Waals surface area contributed by atoms with Crippen LogP contribution < -0.4 is 14.5 Å². The van der Waals surface area contributed by atoms with E-state index in [1.54, 1.807) is 13.2 Å². The van der Waals surface area contributed by atoms with Crippen molar-refractivity contribution in [3.05, 3.63) is 94.7 Å². The molecule has 1 aromatic heterocycles. The summed E-state index contributed by atoms with van der Waals surface area (Å²) in [6.07, 6.45) is 1.81. The molecule has 2 heterocycles. The van der Waals surface area contributed by atoms with Crippen LogP contribution in [0, 0.1) is 13.8 Å². The minimum atomic E-state index is -0.817. The molecule has 1 amide bonds. The first-order valence-electron chi connectivity index (χ1n) is 12.0. The van der Waals surface area contributed by atoms with Crippen LogP contribution >= 0.6 is 0 Å². The monoisotopic (exact) mass is 495 g/mol. The normalized spacial score (nSPS) is 17.0. The van der Waals surface area contributed by atoms with Gasteiger partial charge in [0, 0.05) is 53.7 Å².